The molecule has 0 fully saturated rings. The zero-order chi connectivity index (χ0) is 28.0. The van der Waals surface area contributed by atoms with E-state index in [2.05, 4.69) is 54.1 Å². The van der Waals surface area contributed by atoms with Crippen molar-refractivity contribution in [1.82, 2.24) is 16.0 Å². The first-order chi connectivity index (χ1) is 17.4. The molecule has 208 valence electrons. The lowest BCUT2D eigenvalue weighted by Crippen LogP contribution is -2.53. The van der Waals surface area contributed by atoms with Crippen LogP contribution < -0.4 is 27.4 Å². The number of hydrogen-bond acceptors (Lipinski definition) is 5. The van der Waals surface area contributed by atoms with Gasteiger partial charge in [0.15, 0.2) is 10.9 Å². The predicted molar refractivity (Wildman–Crippen MR) is 154 cm³/mol. The molecule has 0 aliphatic heterocycles. The van der Waals surface area contributed by atoms with Crippen LogP contribution in [0.2, 0.25) is 0 Å². The van der Waals surface area contributed by atoms with E-state index in [0.717, 1.165) is 25.7 Å². The molecule has 0 saturated carbocycles. The second-order valence-electron chi connectivity index (χ2n) is 10.3. The SMILES string of the molecule is CC[C@H](N)C(=O)NC(C(C)=O)C(CCC(C)CC[C@H](C)C(=O)NCCc1ccc(C)cc1)CNC(N)=S. The van der Waals surface area contributed by atoms with Crippen LogP contribution in [0.1, 0.15) is 70.9 Å². The molecular weight excluding hydrogens is 486 g/mol. The van der Waals surface area contributed by atoms with E-state index < -0.39 is 12.1 Å². The highest BCUT2D eigenvalue weighted by molar-refractivity contribution is 7.80. The van der Waals surface area contributed by atoms with Crippen molar-refractivity contribution in [2.75, 3.05) is 13.1 Å². The Hall–Kier alpha value is -2.52. The van der Waals surface area contributed by atoms with Crippen LogP contribution in [0.3, 0.4) is 0 Å². The number of thiocarbonyl (C=S) groups is 1. The largest absolute Gasteiger partial charge is 0.376 e. The molecule has 2 amide bonds. The first-order valence-corrected chi connectivity index (χ1v) is 13.8. The Morgan fingerprint density at radius 2 is 1.59 bits per heavy atom. The van der Waals surface area contributed by atoms with Gasteiger partial charge in [-0.3, -0.25) is 14.4 Å². The van der Waals surface area contributed by atoms with Crippen LogP contribution >= 0.6 is 12.2 Å². The average Bonchev–Trinajstić information content (AvgIpc) is 2.86. The van der Waals surface area contributed by atoms with Gasteiger partial charge < -0.3 is 27.4 Å². The van der Waals surface area contributed by atoms with Crippen molar-refractivity contribution in [2.24, 2.45) is 29.2 Å². The number of aryl methyl sites for hydroxylation is 1. The van der Waals surface area contributed by atoms with E-state index in [1.165, 1.54) is 18.1 Å². The maximum Gasteiger partial charge on any atom is 0.237 e. The minimum Gasteiger partial charge on any atom is -0.376 e. The van der Waals surface area contributed by atoms with E-state index in [1.54, 1.807) is 0 Å². The summed E-state index contributed by atoms with van der Waals surface area (Å²) in [6.07, 6.45) is 4.50. The summed E-state index contributed by atoms with van der Waals surface area (Å²) in [5, 5.41) is 8.96. The van der Waals surface area contributed by atoms with E-state index in [9.17, 15) is 14.4 Å². The van der Waals surface area contributed by atoms with E-state index >= 15 is 0 Å². The standard InChI is InChI=1S/C28H47N5O3S/c1-6-24(29)27(36)33-25(21(5)34)23(17-32-28(30)37)14-10-18(2)7-11-20(4)26(35)31-16-15-22-12-8-19(3)9-13-22/h8-9,12-13,18,20,23-25H,6-7,10-11,14-17,29H2,1-5H3,(H,31,35)(H,33,36)(H3,30,32,37)/t18?,20-,23?,24-,25?/m0/s1. The maximum atomic E-state index is 12.5. The molecule has 5 atom stereocenters. The summed E-state index contributed by atoms with van der Waals surface area (Å²) in [6, 6.07) is 7.03. The molecule has 1 aromatic rings. The lowest BCUT2D eigenvalue weighted by atomic mass is 9.86. The van der Waals surface area contributed by atoms with Gasteiger partial charge in [0.25, 0.3) is 0 Å². The van der Waals surface area contributed by atoms with Crippen molar-refractivity contribution in [1.29, 1.82) is 0 Å². The van der Waals surface area contributed by atoms with Crippen LogP contribution in [-0.4, -0.2) is 47.9 Å². The number of hydrogen-bond donors (Lipinski definition) is 5. The minimum atomic E-state index is -0.669. The minimum absolute atomic E-state index is 0.0736. The fraction of sp³-hybridized carbons (Fsp3) is 0.643. The zero-order valence-electron chi connectivity index (χ0n) is 23.1. The molecule has 0 aliphatic carbocycles. The van der Waals surface area contributed by atoms with Gasteiger partial charge in [-0.1, -0.05) is 57.0 Å². The highest BCUT2D eigenvalue weighted by Gasteiger charge is 2.29. The van der Waals surface area contributed by atoms with E-state index in [-0.39, 0.29) is 34.5 Å². The fourth-order valence-electron chi connectivity index (χ4n) is 4.18. The highest BCUT2D eigenvalue weighted by atomic mass is 32.1. The summed E-state index contributed by atoms with van der Waals surface area (Å²) in [5.74, 6) is -0.307. The van der Waals surface area contributed by atoms with Gasteiger partial charge in [0.2, 0.25) is 11.8 Å². The van der Waals surface area contributed by atoms with Crippen LogP contribution in [-0.2, 0) is 20.8 Å². The van der Waals surface area contributed by atoms with Crippen molar-refractivity contribution in [3.05, 3.63) is 35.4 Å². The molecule has 0 saturated heterocycles. The normalized spacial score (nSPS) is 15.1. The Balaban J connectivity index is 2.56. The smallest absolute Gasteiger partial charge is 0.237 e. The van der Waals surface area contributed by atoms with Crippen molar-refractivity contribution in [2.45, 2.75) is 85.2 Å². The molecule has 37 heavy (non-hydrogen) atoms. The third-order valence-corrected chi connectivity index (χ3v) is 7.07. The van der Waals surface area contributed by atoms with Gasteiger partial charge in [0.1, 0.15) is 0 Å². The number of rotatable bonds is 17. The Kier molecular flexibility index (Phi) is 15.0. The van der Waals surface area contributed by atoms with Crippen LogP contribution in [0.5, 0.6) is 0 Å². The molecule has 0 aromatic heterocycles. The lowest BCUT2D eigenvalue weighted by Gasteiger charge is -2.28. The van der Waals surface area contributed by atoms with Crippen molar-refractivity contribution >= 4 is 34.9 Å². The molecule has 1 aromatic carbocycles. The zero-order valence-corrected chi connectivity index (χ0v) is 24.0. The van der Waals surface area contributed by atoms with Gasteiger partial charge in [0, 0.05) is 24.9 Å². The second kappa shape index (κ2) is 17.1. The van der Waals surface area contributed by atoms with Gasteiger partial charge in [0.05, 0.1) is 12.1 Å². The summed E-state index contributed by atoms with van der Waals surface area (Å²) in [4.78, 5) is 37.3. The van der Waals surface area contributed by atoms with Crippen LogP contribution in [0.4, 0.5) is 0 Å². The Bertz CT molecular complexity index is 877. The predicted octanol–water partition coefficient (Wildman–Crippen LogP) is 2.75. The fourth-order valence-corrected chi connectivity index (χ4v) is 4.27. The number of carbonyl (C=O) groups is 3. The second-order valence-corrected chi connectivity index (χ2v) is 10.7. The number of ketones is 1. The summed E-state index contributed by atoms with van der Waals surface area (Å²) >= 11 is 4.94. The van der Waals surface area contributed by atoms with Crippen LogP contribution in [0.25, 0.3) is 0 Å². The molecular formula is C28H47N5O3S. The Morgan fingerprint density at radius 1 is 0.973 bits per heavy atom. The van der Waals surface area contributed by atoms with Crippen molar-refractivity contribution < 1.29 is 14.4 Å². The molecule has 3 unspecified atom stereocenters. The summed E-state index contributed by atoms with van der Waals surface area (Å²) in [7, 11) is 0. The van der Waals surface area contributed by atoms with E-state index in [1.807, 2.05) is 13.8 Å². The number of Topliss-reactive ketones (excluding diaryl/α,β-unsaturated/α-hetero) is 1. The molecule has 1 rings (SSSR count). The molecule has 9 heteroatoms. The number of nitrogens with one attached hydrogen (secondary N) is 3. The Labute approximate surface area is 228 Å². The van der Waals surface area contributed by atoms with Crippen molar-refractivity contribution in [3.63, 3.8) is 0 Å². The Morgan fingerprint density at radius 3 is 2.16 bits per heavy atom. The van der Waals surface area contributed by atoms with Crippen LogP contribution in [0.15, 0.2) is 24.3 Å². The highest BCUT2D eigenvalue weighted by Crippen LogP contribution is 2.22. The molecule has 7 N–H and O–H groups in total. The lowest BCUT2D eigenvalue weighted by molar-refractivity contribution is -0.128. The summed E-state index contributed by atoms with van der Waals surface area (Å²) in [5.41, 5.74) is 13.9. The molecule has 0 radical (unpaired) electrons. The molecule has 0 heterocycles. The van der Waals surface area contributed by atoms with Crippen LogP contribution in [0, 0.1) is 24.7 Å². The first kappa shape index (κ1) is 32.5. The number of carbonyl (C=O) groups excluding carboxylic acids is 3. The number of benzene rings is 1. The van der Waals surface area contributed by atoms with E-state index in [0.29, 0.717) is 31.8 Å². The molecule has 0 aliphatic rings. The van der Waals surface area contributed by atoms with Gasteiger partial charge in [-0.2, -0.15) is 0 Å². The third-order valence-electron chi connectivity index (χ3n) is 6.93. The molecule has 0 bridgehead atoms. The van der Waals surface area contributed by atoms with Gasteiger partial charge >= 0.3 is 0 Å². The monoisotopic (exact) mass is 533 g/mol. The number of amides is 2. The topological polar surface area (TPSA) is 139 Å². The summed E-state index contributed by atoms with van der Waals surface area (Å²) < 4.78 is 0. The van der Waals surface area contributed by atoms with Gasteiger partial charge in [-0.05, 0) is 69.7 Å². The van der Waals surface area contributed by atoms with Crippen molar-refractivity contribution in [3.8, 4) is 0 Å². The maximum absolute atomic E-state index is 12.5. The summed E-state index contributed by atoms with van der Waals surface area (Å²) in [6.45, 7) is 10.5. The average molecular weight is 534 g/mol. The van der Waals surface area contributed by atoms with Gasteiger partial charge in [-0.15, -0.1) is 0 Å². The molecule has 8 nitrogen and oxygen atoms in total. The van der Waals surface area contributed by atoms with E-state index in [4.69, 9.17) is 23.7 Å². The third kappa shape index (κ3) is 13.0. The quantitative estimate of drug-likeness (QED) is 0.194. The van der Waals surface area contributed by atoms with Gasteiger partial charge in [-0.25, -0.2) is 0 Å². The number of nitrogens with two attached hydrogens (primary N) is 2. The molecule has 0 spiro atoms. The first-order valence-electron chi connectivity index (χ1n) is 13.4.